The van der Waals surface area contributed by atoms with Crippen LogP contribution < -0.4 is 5.43 Å². The van der Waals surface area contributed by atoms with Crippen LogP contribution in [0.3, 0.4) is 0 Å². The molecule has 6 nitrogen and oxygen atoms in total. The van der Waals surface area contributed by atoms with Gasteiger partial charge in [0.05, 0.1) is 12.0 Å². The molecular formula is C23H18BrN5OS. The van der Waals surface area contributed by atoms with Crippen LogP contribution in [0.15, 0.2) is 99.7 Å². The van der Waals surface area contributed by atoms with Crippen molar-refractivity contribution >= 4 is 39.8 Å². The molecule has 4 rings (SSSR count). The number of hydrogen-bond acceptors (Lipinski definition) is 5. The Morgan fingerprint density at radius 3 is 2.48 bits per heavy atom. The van der Waals surface area contributed by atoms with Crippen molar-refractivity contribution in [3.63, 3.8) is 0 Å². The second-order valence-electron chi connectivity index (χ2n) is 6.48. The summed E-state index contributed by atoms with van der Waals surface area (Å²) in [5.41, 5.74) is 5.33. The summed E-state index contributed by atoms with van der Waals surface area (Å²) in [6, 6.07) is 27.4. The van der Waals surface area contributed by atoms with Crippen molar-refractivity contribution in [1.29, 1.82) is 0 Å². The van der Waals surface area contributed by atoms with Crippen LogP contribution in [-0.4, -0.2) is 32.6 Å². The molecule has 0 atom stereocenters. The van der Waals surface area contributed by atoms with Crippen LogP contribution in [0.1, 0.15) is 5.56 Å². The predicted molar refractivity (Wildman–Crippen MR) is 127 cm³/mol. The highest BCUT2D eigenvalue weighted by Gasteiger charge is 2.16. The van der Waals surface area contributed by atoms with Gasteiger partial charge in [-0.1, -0.05) is 88.4 Å². The van der Waals surface area contributed by atoms with E-state index in [0.717, 1.165) is 27.1 Å². The van der Waals surface area contributed by atoms with Crippen molar-refractivity contribution < 1.29 is 4.79 Å². The number of nitrogens with one attached hydrogen (secondary N) is 1. The van der Waals surface area contributed by atoms with Crippen molar-refractivity contribution in [2.75, 3.05) is 5.75 Å². The Bertz CT molecular complexity index is 1200. The van der Waals surface area contributed by atoms with E-state index < -0.39 is 0 Å². The van der Waals surface area contributed by atoms with Gasteiger partial charge in [0.1, 0.15) is 0 Å². The largest absolute Gasteiger partial charge is 0.272 e. The number of nitrogens with zero attached hydrogens (tertiary/aromatic N) is 4. The van der Waals surface area contributed by atoms with Crippen molar-refractivity contribution in [3.05, 3.63) is 95.0 Å². The number of amides is 1. The van der Waals surface area contributed by atoms with E-state index in [9.17, 15) is 4.79 Å². The fourth-order valence-corrected chi connectivity index (χ4v) is 4.04. The van der Waals surface area contributed by atoms with Crippen LogP contribution >= 0.6 is 27.7 Å². The average Bonchev–Trinajstić information content (AvgIpc) is 3.23. The van der Waals surface area contributed by atoms with Gasteiger partial charge < -0.3 is 0 Å². The zero-order valence-corrected chi connectivity index (χ0v) is 18.8. The second kappa shape index (κ2) is 10.2. The summed E-state index contributed by atoms with van der Waals surface area (Å²) in [6.07, 6.45) is 1.60. The number of rotatable bonds is 7. The van der Waals surface area contributed by atoms with Gasteiger partial charge in [-0.3, -0.25) is 9.36 Å². The molecule has 31 heavy (non-hydrogen) atoms. The van der Waals surface area contributed by atoms with E-state index in [1.165, 1.54) is 11.8 Å². The molecular weight excluding hydrogens is 474 g/mol. The minimum absolute atomic E-state index is 0.162. The molecule has 0 saturated carbocycles. The standard InChI is InChI=1S/C23H18BrN5OS/c24-19-11-7-8-17(14-19)15-25-26-21(30)16-31-23-28-27-22(18-9-3-1-4-10-18)29(23)20-12-5-2-6-13-20/h1-15H,16H2,(H,26,30)/b25-15-. The number of aromatic nitrogens is 3. The quantitative estimate of drug-likeness (QED) is 0.225. The Labute approximate surface area is 192 Å². The average molecular weight is 492 g/mol. The fourth-order valence-electron chi connectivity index (χ4n) is 2.88. The minimum Gasteiger partial charge on any atom is -0.272 e. The lowest BCUT2D eigenvalue weighted by molar-refractivity contribution is -0.118. The van der Waals surface area contributed by atoms with Crippen LogP contribution in [0, 0.1) is 0 Å². The minimum atomic E-state index is -0.222. The monoisotopic (exact) mass is 491 g/mol. The van der Waals surface area contributed by atoms with Crippen LogP contribution in [0.25, 0.3) is 17.1 Å². The Hall–Kier alpha value is -3.23. The smallest absolute Gasteiger partial charge is 0.250 e. The summed E-state index contributed by atoms with van der Waals surface area (Å²) < 4.78 is 2.91. The van der Waals surface area contributed by atoms with Gasteiger partial charge in [-0.15, -0.1) is 10.2 Å². The van der Waals surface area contributed by atoms with Gasteiger partial charge in [0.2, 0.25) is 0 Å². The molecule has 0 unspecified atom stereocenters. The summed E-state index contributed by atoms with van der Waals surface area (Å²) in [7, 11) is 0. The van der Waals surface area contributed by atoms with Crippen LogP contribution in [0.2, 0.25) is 0 Å². The van der Waals surface area contributed by atoms with E-state index >= 15 is 0 Å². The summed E-state index contributed by atoms with van der Waals surface area (Å²) >= 11 is 4.72. The maximum absolute atomic E-state index is 12.3. The number of halogens is 1. The molecule has 0 bridgehead atoms. The summed E-state index contributed by atoms with van der Waals surface area (Å²) in [5.74, 6) is 0.665. The summed E-state index contributed by atoms with van der Waals surface area (Å²) in [6.45, 7) is 0. The van der Waals surface area contributed by atoms with Gasteiger partial charge in [-0.25, -0.2) is 5.43 Å². The van der Waals surface area contributed by atoms with Gasteiger partial charge in [0, 0.05) is 15.7 Å². The molecule has 0 radical (unpaired) electrons. The van der Waals surface area contributed by atoms with E-state index in [4.69, 9.17) is 0 Å². The number of para-hydroxylation sites is 1. The third-order valence-corrected chi connectivity index (χ3v) is 5.69. The predicted octanol–water partition coefficient (Wildman–Crippen LogP) is 4.94. The molecule has 1 aromatic heterocycles. The molecule has 3 aromatic carbocycles. The molecule has 1 amide bonds. The van der Waals surface area contributed by atoms with Crippen LogP contribution in [0.4, 0.5) is 0 Å². The van der Waals surface area contributed by atoms with E-state index in [1.807, 2.05) is 89.5 Å². The third-order valence-electron chi connectivity index (χ3n) is 4.26. The molecule has 0 aliphatic heterocycles. The third kappa shape index (κ3) is 5.48. The van der Waals surface area contributed by atoms with E-state index in [1.54, 1.807) is 6.21 Å². The van der Waals surface area contributed by atoms with E-state index in [2.05, 4.69) is 36.7 Å². The van der Waals surface area contributed by atoms with E-state index in [-0.39, 0.29) is 11.7 Å². The SMILES string of the molecule is O=C(CSc1nnc(-c2ccccc2)n1-c1ccccc1)N/N=C\c1cccc(Br)c1. The Kier molecular flexibility index (Phi) is 6.91. The number of hydrogen-bond donors (Lipinski definition) is 1. The molecule has 154 valence electrons. The molecule has 0 fully saturated rings. The highest BCUT2D eigenvalue weighted by Crippen LogP contribution is 2.27. The van der Waals surface area contributed by atoms with Crippen LogP contribution in [0.5, 0.6) is 0 Å². The summed E-state index contributed by atoms with van der Waals surface area (Å²) in [5, 5.41) is 13.4. The Morgan fingerprint density at radius 2 is 1.74 bits per heavy atom. The van der Waals surface area contributed by atoms with Gasteiger partial charge >= 0.3 is 0 Å². The molecule has 4 aromatic rings. The number of hydrazone groups is 1. The lowest BCUT2D eigenvalue weighted by Gasteiger charge is -2.10. The molecule has 0 aliphatic carbocycles. The summed E-state index contributed by atoms with van der Waals surface area (Å²) in [4.78, 5) is 12.3. The maximum Gasteiger partial charge on any atom is 0.250 e. The molecule has 1 heterocycles. The van der Waals surface area contributed by atoms with Gasteiger partial charge in [0.15, 0.2) is 11.0 Å². The first kappa shape index (κ1) is 21.0. The molecule has 8 heteroatoms. The van der Waals surface area contributed by atoms with Crippen molar-refractivity contribution in [1.82, 2.24) is 20.2 Å². The highest BCUT2D eigenvalue weighted by atomic mass is 79.9. The van der Waals surface area contributed by atoms with Crippen molar-refractivity contribution in [2.45, 2.75) is 5.16 Å². The highest BCUT2D eigenvalue weighted by molar-refractivity contribution is 9.10. The number of carbonyl (C=O) groups is 1. The van der Waals surface area contributed by atoms with Crippen LogP contribution in [-0.2, 0) is 4.79 Å². The second-order valence-corrected chi connectivity index (χ2v) is 8.34. The number of benzene rings is 3. The first-order chi connectivity index (χ1) is 15.2. The topological polar surface area (TPSA) is 72.2 Å². The molecule has 0 spiro atoms. The number of carbonyl (C=O) groups excluding carboxylic acids is 1. The zero-order valence-electron chi connectivity index (χ0n) is 16.4. The first-order valence-corrected chi connectivity index (χ1v) is 11.2. The lowest BCUT2D eigenvalue weighted by atomic mass is 10.2. The maximum atomic E-state index is 12.3. The van der Waals surface area contributed by atoms with Gasteiger partial charge in [-0.2, -0.15) is 5.10 Å². The number of thioether (sulfide) groups is 1. The fraction of sp³-hybridized carbons (Fsp3) is 0.0435. The zero-order chi connectivity index (χ0) is 21.5. The lowest BCUT2D eigenvalue weighted by Crippen LogP contribution is -2.20. The Balaban J connectivity index is 1.48. The molecule has 0 aliphatic rings. The normalized spacial score (nSPS) is 11.0. The van der Waals surface area contributed by atoms with Gasteiger partial charge in [-0.05, 0) is 29.8 Å². The van der Waals surface area contributed by atoms with Crippen molar-refractivity contribution in [3.8, 4) is 17.1 Å². The van der Waals surface area contributed by atoms with Crippen molar-refractivity contribution in [2.24, 2.45) is 5.10 Å². The molecule has 1 N–H and O–H groups in total. The van der Waals surface area contributed by atoms with E-state index in [0.29, 0.717) is 5.16 Å². The Morgan fingerprint density at radius 1 is 1.00 bits per heavy atom. The van der Waals surface area contributed by atoms with Gasteiger partial charge in [0.25, 0.3) is 5.91 Å². The molecule has 0 saturated heterocycles. The first-order valence-electron chi connectivity index (χ1n) is 9.47.